The first-order chi connectivity index (χ1) is 10.1. The third kappa shape index (κ3) is 3.03. The number of aromatic nitrogens is 2. The van der Waals surface area contributed by atoms with Crippen LogP contribution in [-0.2, 0) is 6.54 Å². The summed E-state index contributed by atoms with van der Waals surface area (Å²) in [6.45, 7) is 7.38. The van der Waals surface area contributed by atoms with Gasteiger partial charge < -0.3 is 5.32 Å². The van der Waals surface area contributed by atoms with Gasteiger partial charge in [-0.2, -0.15) is 5.10 Å². The van der Waals surface area contributed by atoms with E-state index in [1.54, 1.807) is 0 Å². The van der Waals surface area contributed by atoms with Gasteiger partial charge in [-0.3, -0.25) is 0 Å². The maximum Gasteiger partial charge on any atom is 0.0678 e. The van der Waals surface area contributed by atoms with E-state index in [0.29, 0.717) is 6.04 Å². The molecule has 1 heterocycles. The van der Waals surface area contributed by atoms with Gasteiger partial charge in [-0.1, -0.05) is 30.5 Å². The molecule has 1 saturated carbocycles. The quantitative estimate of drug-likeness (QED) is 0.924. The van der Waals surface area contributed by atoms with Crippen molar-refractivity contribution in [1.82, 2.24) is 15.1 Å². The van der Waals surface area contributed by atoms with Crippen LogP contribution < -0.4 is 5.32 Å². The first kappa shape index (κ1) is 14.3. The molecule has 0 amide bonds. The van der Waals surface area contributed by atoms with Crippen molar-refractivity contribution in [1.29, 1.82) is 0 Å². The zero-order valence-corrected chi connectivity index (χ0v) is 13.3. The summed E-state index contributed by atoms with van der Waals surface area (Å²) in [5, 5.41) is 8.27. The van der Waals surface area contributed by atoms with Crippen LogP contribution in [0.3, 0.4) is 0 Å². The molecule has 2 aromatic rings. The first-order valence-corrected chi connectivity index (χ1v) is 7.99. The molecule has 1 N–H and O–H groups in total. The summed E-state index contributed by atoms with van der Waals surface area (Å²) in [5.74, 6) is 0. The van der Waals surface area contributed by atoms with E-state index in [0.717, 1.165) is 6.54 Å². The van der Waals surface area contributed by atoms with Crippen LogP contribution in [0.5, 0.6) is 0 Å². The average molecular weight is 283 g/mol. The molecule has 3 nitrogen and oxygen atoms in total. The Morgan fingerprint density at radius 1 is 1.19 bits per heavy atom. The highest BCUT2D eigenvalue weighted by Crippen LogP contribution is 2.21. The van der Waals surface area contributed by atoms with Gasteiger partial charge in [0.1, 0.15) is 0 Å². The number of hydrogen-bond donors (Lipinski definition) is 1. The molecule has 0 saturated heterocycles. The molecular weight excluding hydrogens is 258 g/mol. The standard InChI is InChI=1S/C18H25N3/c1-13-8-9-18(14(2)10-13)21-15(3)16(12-20-21)11-19-17-6-4-5-7-17/h8-10,12,17,19H,4-7,11H2,1-3H3. The second-order valence-corrected chi connectivity index (χ2v) is 6.32. The number of nitrogens with one attached hydrogen (secondary N) is 1. The third-order valence-corrected chi connectivity index (χ3v) is 4.63. The fourth-order valence-electron chi connectivity index (χ4n) is 3.29. The monoisotopic (exact) mass is 283 g/mol. The molecule has 0 atom stereocenters. The second kappa shape index (κ2) is 6.02. The Balaban J connectivity index is 1.78. The minimum Gasteiger partial charge on any atom is -0.310 e. The molecule has 0 bridgehead atoms. The normalized spacial score (nSPS) is 15.8. The molecule has 0 radical (unpaired) electrons. The zero-order chi connectivity index (χ0) is 14.8. The van der Waals surface area contributed by atoms with E-state index in [1.807, 2.05) is 6.20 Å². The van der Waals surface area contributed by atoms with E-state index in [4.69, 9.17) is 0 Å². The Labute approximate surface area is 127 Å². The largest absolute Gasteiger partial charge is 0.310 e. The number of hydrogen-bond acceptors (Lipinski definition) is 2. The van der Waals surface area contributed by atoms with Gasteiger partial charge in [0.2, 0.25) is 0 Å². The Morgan fingerprint density at radius 3 is 2.67 bits per heavy atom. The number of benzene rings is 1. The van der Waals surface area contributed by atoms with Gasteiger partial charge in [0.05, 0.1) is 11.9 Å². The predicted molar refractivity (Wildman–Crippen MR) is 86.9 cm³/mol. The fourth-order valence-corrected chi connectivity index (χ4v) is 3.29. The Morgan fingerprint density at radius 2 is 1.95 bits per heavy atom. The second-order valence-electron chi connectivity index (χ2n) is 6.32. The molecule has 0 unspecified atom stereocenters. The van der Waals surface area contributed by atoms with Crippen LogP contribution in [0.25, 0.3) is 5.69 Å². The van der Waals surface area contributed by atoms with Crippen molar-refractivity contribution in [3.8, 4) is 5.69 Å². The van der Waals surface area contributed by atoms with Crippen LogP contribution in [-0.4, -0.2) is 15.8 Å². The van der Waals surface area contributed by atoms with Crippen LogP contribution in [0, 0.1) is 20.8 Å². The molecule has 3 rings (SSSR count). The van der Waals surface area contributed by atoms with Crippen molar-refractivity contribution in [3.63, 3.8) is 0 Å². The molecule has 3 heteroatoms. The number of nitrogens with zero attached hydrogens (tertiary/aromatic N) is 2. The van der Waals surface area contributed by atoms with Crippen LogP contribution in [0.1, 0.15) is 48.1 Å². The van der Waals surface area contributed by atoms with Crippen LogP contribution in [0.15, 0.2) is 24.4 Å². The fraction of sp³-hybridized carbons (Fsp3) is 0.500. The predicted octanol–water partition coefficient (Wildman–Crippen LogP) is 3.83. The van der Waals surface area contributed by atoms with Gasteiger partial charge in [0, 0.05) is 23.8 Å². The number of aryl methyl sites for hydroxylation is 2. The maximum atomic E-state index is 4.60. The summed E-state index contributed by atoms with van der Waals surface area (Å²) >= 11 is 0. The summed E-state index contributed by atoms with van der Waals surface area (Å²) in [7, 11) is 0. The molecular formula is C18H25N3. The van der Waals surface area contributed by atoms with Crippen molar-refractivity contribution in [2.45, 2.75) is 59.0 Å². The highest BCUT2D eigenvalue weighted by atomic mass is 15.3. The average Bonchev–Trinajstić information content (AvgIpc) is 3.07. The zero-order valence-electron chi connectivity index (χ0n) is 13.3. The van der Waals surface area contributed by atoms with Crippen molar-refractivity contribution in [3.05, 3.63) is 46.8 Å². The lowest BCUT2D eigenvalue weighted by atomic mass is 10.1. The van der Waals surface area contributed by atoms with Crippen molar-refractivity contribution in [2.24, 2.45) is 0 Å². The lowest BCUT2D eigenvalue weighted by Crippen LogP contribution is -2.25. The van der Waals surface area contributed by atoms with Crippen LogP contribution in [0.4, 0.5) is 0 Å². The first-order valence-electron chi connectivity index (χ1n) is 7.99. The summed E-state index contributed by atoms with van der Waals surface area (Å²) in [6.07, 6.45) is 7.40. The van der Waals surface area contributed by atoms with E-state index in [2.05, 4.69) is 54.1 Å². The van der Waals surface area contributed by atoms with Gasteiger partial charge in [-0.15, -0.1) is 0 Å². The molecule has 112 valence electrons. The third-order valence-electron chi connectivity index (χ3n) is 4.63. The SMILES string of the molecule is Cc1ccc(-n2ncc(CNC3CCCC3)c2C)c(C)c1. The smallest absolute Gasteiger partial charge is 0.0678 e. The van der Waals surface area contributed by atoms with E-state index >= 15 is 0 Å². The summed E-state index contributed by atoms with van der Waals surface area (Å²) in [6, 6.07) is 7.24. The molecule has 1 aliphatic rings. The van der Waals surface area contributed by atoms with Gasteiger partial charge in [-0.05, 0) is 45.2 Å². The highest BCUT2D eigenvalue weighted by Gasteiger charge is 2.16. The molecule has 1 fully saturated rings. The molecule has 1 aromatic carbocycles. The summed E-state index contributed by atoms with van der Waals surface area (Å²) < 4.78 is 2.07. The summed E-state index contributed by atoms with van der Waals surface area (Å²) in [4.78, 5) is 0. The Bertz CT molecular complexity index is 621. The van der Waals surface area contributed by atoms with E-state index in [-0.39, 0.29) is 0 Å². The van der Waals surface area contributed by atoms with Crippen molar-refractivity contribution >= 4 is 0 Å². The van der Waals surface area contributed by atoms with Gasteiger partial charge in [0.25, 0.3) is 0 Å². The molecule has 0 spiro atoms. The maximum absolute atomic E-state index is 4.60. The van der Waals surface area contributed by atoms with Gasteiger partial charge >= 0.3 is 0 Å². The molecule has 1 aromatic heterocycles. The minimum absolute atomic E-state index is 0.703. The topological polar surface area (TPSA) is 29.9 Å². The van der Waals surface area contributed by atoms with Gasteiger partial charge in [0.15, 0.2) is 0 Å². The Hall–Kier alpha value is -1.61. The molecule has 1 aliphatic carbocycles. The molecule has 21 heavy (non-hydrogen) atoms. The van der Waals surface area contributed by atoms with Crippen molar-refractivity contribution < 1.29 is 0 Å². The van der Waals surface area contributed by atoms with Crippen LogP contribution >= 0.6 is 0 Å². The number of rotatable bonds is 4. The minimum atomic E-state index is 0.703. The summed E-state index contributed by atoms with van der Waals surface area (Å²) in [5.41, 5.74) is 6.31. The van der Waals surface area contributed by atoms with E-state index in [9.17, 15) is 0 Å². The van der Waals surface area contributed by atoms with E-state index < -0.39 is 0 Å². The van der Waals surface area contributed by atoms with E-state index in [1.165, 1.54) is 53.8 Å². The Kier molecular flexibility index (Phi) is 4.11. The van der Waals surface area contributed by atoms with Gasteiger partial charge in [-0.25, -0.2) is 4.68 Å². The molecule has 0 aliphatic heterocycles. The lowest BCUT2D eigenvalue weighted by molar-refractivity contribution is 0.523. The highest BCUT2D eigenvalue weighted by molar-refractivity contribution is 5.43. The lowest BCUT2D eigenvalue weighted by Gasteiger charge is -2.12. The van der Waals surface area contributed by atoms with Crippen LogP contribution in [0.2, 0.25) is 0 Å². The van der Waals surface area contributed by atoms with Crippen molar-refractivity contribution in [2.75, 3.05) is 0 Å².